The quantitative estimate of drug-likeness (QED) is 0.652. The third kappa shape index (κ3) is 2.10. The summed E-state index contributed by atoms with van der Waals surface area (Å²) < 4.78 is 7.29. The Morgan fingerprint density at radius 1 is 1.05 bits per heavy atom. The van der Waals surface area contributed by atoms with Crippen LogP contribution in [0.3, 0.4) is 0 Å². The van der Waals surface area contributed by atoms with Crippen LogP contribution in [0.15, 0.2) is 60.8 Å². The molecule has 0 atom stereocenters. The van der Waals surface area contributed by atoms with Crippen molar-refractivity contribution in [3.05, 3.63) is 60.8 Å². The number of carbonyl (C=O) groups excluding carboxylic acids is 1. The van der Waals surface area contributed by atoms with Crippen molar-refractivity contribution in [3.8, 4) is 17.0 Å². The lowest BCUT2D eigenvalue weighted by molar-refractivity contribution is -0.131. The van der Waals surface area contributed by atoms with Gasteiger partial charge in [0.2, 0.25) is 0 Å². The van der Waals surface area contributed by atoms with Gasteiger partial charge in [-0.15, -0.1) is 0 Å². The normalized spacial score (nSPS) is 10.6. The van der Waals surface area contributed by atoms with E-state index in [-0.39, 0.29) is 5.97 Å². The lowest BCUT2D eigenvalue weighted by Gasteiger charge is -2.01. The molecule has 0 unspecified atom stereocenters. The highest BCUT2D eigenvalue weighted by Gasteiger charge is 2.12. The number of nitrogens with zero attached hydrogens (tertiary/aromatic N) is 1. The molecule has 0 N–H and O–H groups in total. The number of ether oxygens (including phenoxy) is 1. The average molecular weight is 251 g/mol. The van der Waals surface area contributed by atoms with Gasteiger partial charge in [-0.05, 0) is 17.7 Å². The first-order valence-corrected chi connectivity index (χ1v) is 6.09. The molecule has 2 heterocycles. The largest absolute Gasteiger partial charge is 0.424 e. The van der Waals surface area contributed by atoms with E-state index in [1.54, 1.807) is 0 Å². The zero-order valence-corrected chi connectivity index (χ0v) is 10.5. The smallest absolute Gasteiger partial charge is 0.308 e. The minimum atomic E-state index is -0.309. The molecule has 3 rings (SSSR count). The van der Waals surface area contributed by atoms with Crippen LogP contribution in [0.5, 0.6) is 5.75 Å². The van der Waals surface area contributed by atoms with Crippen LogP contribution in [0.4, 0.5) is 0 Å². The summed E-state index contributed by atoms with van der Waals surface area (Å²) in [6.07, 6.45) is 1.96. The maximum atomic E-state index is 11.2. The highest BCUT2D eigenvalue weighted by atomic mass is 16.5. The Balaban J connectivity index is 2.23. The van der Waals surface area contributed by atoms with Gasteiger partial charge < -0.3 is 9.14 Å². The van der Waals surface area contributed by atoms with E-state index in [0.717, 1.165) is 16.8 Å². The number of fused-ring (bicyclic) bond motifs is 1. The summed E-state index contributed by atoms with van der Waals surface area (Å²) >= 11 is 0. The highest BCUT2D eigenvalue weighted by molar-refractivity contribution is 5.79. The molecule has 0 aliphatic rings. The Labute approximate surface area is 111 Å². The minimum absolute atomic E-state index is 0.309. The molecular weight excluding hydrogens is 238 g/mol. The van der Waals surface area contributed by atoms with Crippen molar-refractivity contribution in [1.29, 1.82) is 0 Å². The number of aromatic nitrogens is 1. The first kappa shape index (κ1) is 11.5. The Morgan fingerprint density at radius 3 is 2.53 bits per heavy atom. The zero-order chi connectivity index (χ0) is 13.2. The average Bonchev–Trinajstić information content (AvgIpc) is 2.78. The number of hydrogen-bond acceptors (Lipinski definition) is 2. The predicted octanol–water partition coefficient (Wildman–Crippen LogP) is 3.53. The summed E-state index contributed by atoms with van der Waals surface area (Å²) in [7, 11) is 0. The molecule has 94 valence electrons. The number of esters is 1. The van der Waals surface area contributed by atoms with Gasteiger partial charge in [0.05, 0.1) is 11.2 Å². The third-order valence-corrected chi connectivity index (χ3v) is 2.96. The first-order chi connectivity index (χ1) is 9.25. The van der Waals surface area contributed by atoms with Crippen molar-refractivity contribution >= 4 is 11.5 Å². The summed E-state index contributed by atoms with van der Waals surface area (Å²) in [5.41, 5.74) is 2.98. The van der Waals surface area contributed by atoms with Gasteiger partial charge in [-0.1, -0.05) is 36.4 Å². The Morgan fingerprint density at radius 2 is 1.79 bits per heavy atom. The molecule has 0 saturated heterocycles. The molecule has 1 aromatic carbocycles. The Kier molecular flexibility index (Phi) is 2.80. The Hall–Kier alpha value is -2.55. The summed E-state index contributed by atoms with van der Waals surface area (Å²) in [6, 6.07) is 17.7. The van der Waals surface area contributed by atoms with E-state index >= 15 is 0 Å². The fraction of sp³-hybridized carbons (Fsp3) is 0.0625. The molecule has 0 aliphatic carbocycles. The molecular formula is C16H13NO2. The van der Waals surface area contributed by atoms with Gasteiger partial charge in [0.1, 0.15) is 0 Å². The van der Waals surface area contributed by atoms with E-state index in [4.69, 9.17) is 4.74 Å². The molecule has 2 aromatic heterocycles. The molecule has 3 heteroatoms. The SMILES string of the molecule is CC(=O)Oc1cc(-c2ccccc2)n2ccccc12. The van der Waals surface area contributed by atoms with Gasteiger partial charge in [0.25, 0.3) is 0 Å². The number of carbonyl (C=O) groups is 1. The maximum absolute atomic E-state index is 11.2. The molecule has 0 fully saturated rings. The van der Waals surface area contributed by atoms with E-state index in [2.05, 4.69) is 0 Å². The van der Waals surface area contributed by atoms with Crippen molar-refractivity contribution < 1.29 is 9.53 Å². The van der Waals surface area contributed by atoms with Crippen LogP contribution in [-0.4, -0.2) is 10.4 Å². The third-order valence-electron chi connectivity index (χ3n) is 2.96. The van der Waals surface area contributed by atoms with Crippen LogP contribution in [0.2, 0.25) is 0 Å². The van der Waals surface area contributed by atoms with Gasteiger partial charge in [0, 0.05) is 19.2 Å². The van der Waals surface area contributed by atoms with Gasteiger partial charge in [0.15, 0.2) is 5.75 Å². The standard InChI is InChI=1S/C16H13NO2/c1-12(18)19-16-11-15(13-7-3-2-4-8-13)17-10-6-5-9-14(16)17/h2-11H,1H3. The monoisotopic (exact) mass is 251 g/mol. The molecule has 3 aromatic rings. The molecule has 0 bridgehead atoms. The zero-order valence-electron chi connectivity index (χ0n) is 10.5. The number of rotatable bonds is 2. The van der Waals surface area contributed by atoms with Crippen molar-refractivity contribution in [1.82, 2.24) is 4.40 Å². The van der Waals surface area contributed by atoms with Crippen molar-refractivity contribution in [3.63, 3.8) is 0 Å². The van der Waals surface area contributed by atoms with Gasteiger partial charge in [-0.3, -0.25) is 4.79 Å². The number of hydrogen-bond donors (Lipinski definition) is 0. The fourth-order valence-corrected chi connectivity index (χ4v) is 2.19. The van der Waals surface area contributed by atoms with Crippen LogP contribution in [0, 0.1) is 0 Å². The second kappa shape index (κ2) is 4.61. The van der Waals surface area contributed by atoms with E-state index < -0.39 is 0 Å². The molecule has 3 nitrogen and oxygen atoms in total. The molecule has 0 amide bonds. The number of benzene rings is 1. The molecule has 0 radical (unpaired) electrons. The van der Waals surface area contributed by atoms with Gasteiger partial charge in [-0.2, -0.15) is 0 Å². The summed E-state index contributed by atoms with van der Waals surface area (Å²) in [6.45, 7) is 1.41. The maximum Gasteiger partial charge on any atom is 0.308 e. The van der Waals surface area contributed by atoms with Crippen molar-refractivity contribution in [2.75, 3.05) is 0 Å². The fourth-order valence-electron chi connectivity index (χ4n) is 2.19. The van der Waals surface area contributed by atoms with E-state index in [1.807, 2.05) is 65.2 Å². The summed E-state index contributed by atoms with van der Waals surface area (Å²) in [4.78, 5) is 11.2. The second-order valence-corrected chi connectivity index (χ2v) is 4.31. The van der Waals surface area contributed by atoms with E-state index in [1.165, 1.54) is 6.92 Å². The van der Waals surface area contributed by atoms with Gasteiger partial charge in [-0.25, -0.2) is 0 Å². The van der Waals surface area contributed by atoms with Crippen molar-refractivity contribution in [2.45, 2.75) is 6.92 Å². The highest BCUT2D eigenvalue weighted by Crippen LogP contribution is 2.31. The number of pyridine rings is 1. The van der Waals surface area contributed by atoms with Crippen LogP contribution >= 0.6 is 0 Å². The minimum Gasteiger partial charge on any atom is -0.424 e. The van der Waals surface area contributed by atoms with Gasteiger partial charge >= 0.3 is 5.97 Å². The summed E-state index contributed by atoms with van der Waals surface area (Å²) in [5.74, 6) is 0.280. The molecule has 19 heavy (non-hydrogen) atoms. The molecule has 0 aliphatic heterocycles. The first-order valence-electron chi connectivity index (χ1n) is 6.09. The van der Waals surface area contributed by atoms with Crippen LogP contribution in [0.1, 0.15) is 6.92 Å². The lowest BCUT2D eigenvalue weighted by Crippen LogP contribution is -2.00. The Bertz CT molecular complexity index is 729. The predicted molar refractivity (Wildman–Crippen MR) is 74.1 cm³/mol. The van der Waals surface area contributed by atoms with E-state index in [0.29, 0.717) is 5.75 Å². The van der Waals surface area contributed by atoms with Crippen molar-refractivity contribution in [2.24, 2.45) is 0 Å². The van der Waals surface area contributed by atoms with Crippen LogP contribution < -0.4 is 4.74 Å². The topological polar surface area (TPSA) is 30.7 Å². The lowest BCUT2D eigenvalue weighted by atomic mass is 10.1. The molecule has 0 spiro atoms. The van der Waals surface area contributed by atoms with Crippen LogP contribution in [-0.2, 0) is 4.79 Å². The van der Waals surface area contributed by atoms with E-state index in [9.17, 15) is 4.79 Å². The van der Waals surface area contributed by atoms with Crippen LogP contribution in [0.25, 0.3) is 16.8 Å². The molecule has 0 saturated carbocycles. The second-order valence-electron chi connectivity index (χ2n) is 4.31. The summed E-state index contributed by atoms with van der Waals surface area (Å²) in [5, 5.41) is 0.